The number of carboxylic acid groups (broad SMARTS) is 1. The van der Waals surface area contributed by atoms with Gasteiger partial charge in [0.15, 0.2) is 0 Å². The van der Waals surface area contributed by atoms with Crippen LogP contribution in [0, 0.1) is 6.92 Å². The molecule has 2 aromatic carbocycles. The molecule has 7 heteroatoms. The van der Waals surface area contributed by atoms with E-state index in [0.29, 0.717) is 17.1 Å². The van der Waals surface area contributed by atoms with E-state index in [1.165, 1.54) is 6.07 Å². The largest absolute Gasteiger partial charge is 0.481 e. The first-order chi connectivity index (χ1) is 12.1. The molecule has 0 saturated heterocycles. The topological polar surface area (TPSA) is 40.5 Å². The number of hydrogen-bond acceptors (Lipinski definition) is 2. The summed E-state index contributed by atoms with van der Waals surface area (Å²) in [5, 5.41) is 9.48. The van der Waals surface area contributed by atoms with Gasteiger partial charge in [-0.1, -0.05) is 47.5 Å². The van der Waals surface area contributed by atoms with Crippen molar-refractivity contribution in [2.24, 2.45) is 0 Å². The van der Waals surface area contributed by atoms with Crippen LogP contribution in [0.25, 0.3) is 0 Å². The van der Waals surface area contributed by atoms with Crippen molar-refractivity contribution in [3.8, 4) is 0 Å². The van der Waals surface area contributed by atoms with E-state index in [0.717, 1.165) is 23.3 Å². The van der Waals surface area contributed by atoms with Crippen molar-refractivity contribution in [2.75, 3.05) is 6.54 Å². The van der Waals surface area contributed by atoms with Crippen LogP contribution in [0.3, 0.4) is 0 Å². The molecule has 140 valence electrons. The average Bonchev–Trinajstić information content (AvgIpc) is 2.55. The lowest BCUT2D eigenvalue weighted by Gasteiger charge is -2.23. The van der Waals surface area contributed by atoms with Gasteiger partial charge in [-0.05, 0) is 30.2 Å². The Morgan fingerprint density at radius 1 is 1.15 bits per heavy atom. The standard InChI is InChI=1S/C19H19ClF3NO2/c1-13-5-6-17(20)15(9-13)12-24(8-7-18(25)26)11-14-3-2-4-16(10-14)19(21,22)23/h2-6,9-10H,7-8,11-12H2,1H3,(H,25,26). The molecule has 26 heavy (non-hydrogen) atoms. The summed E-state index contributed by atoms with van der Waals surface area (Å²) >= 11 is 6.20. The van der Waals surface area contributed by atoms with Gasteiger partial charge in [-0.15, -0.1) is 0 Å². The molecule has 2 rings (SSSR count). The molecule has 0 amide bonds. The molecule has 0 fully saturated rings. The number of aryl methyl sites for hydroxylation is 1. The predicted molar refractivity (Wildman–Crippen MR) is 94.0 cm³/mol. The van der Waals surface area contributed by atoms with Gasteiger partial charge >= 0.3 is 12.1 Å². The third-order valence-corrected chi connectivity index (χ3v) is 4.27. The molecule has 0 spiro atoms. The molecule has 0 aromatic heterocycles. The second-order valence-corrected chi connectivity index (χ2v) is 6.55. The Hall–Kier alpha value is -2.05. The maximum absolute atomic E-state index is 12.9. The maximum Gasteiger partial charge on any atom is 0.416 e. The van der Waals surface area contributed by atoms with Gasteiger partial charge in [-0.2, -0.15) is 13.2 Å². The molecule has 0 saturated carbocycles. The highest BCUT2D eigenvalue weighted by Crippen LogP contribution is 2.30. The maximum atomic E-state index is 12.9. The molecule has 0 bridgehead atoms. The van der Waals surface area contributed by atoms with Crippen LogP contribution < -0.4 is 0 Å². The summed E-state index contributed by atoms with van der Waals surface area (Å²) in [7, 11) is 0. The molecule has 0 aliphatic carbocycles. The Bertz CT molecular complexity index is 778. The molecule has 0 atom stereocenters. The lowest BCUT2D eigenvalue weighted by molar-refractivity contribution is -0.138. The minimum atomic E-state index is -4.41. The van der Waals surface area contributed by atoms with Crippen molar-refractivity contribution in [3.05, 3.63) is 69.7 Å². The number of aliphatic carboxylic acids is 1. The highest BCUT2D eigenvalue weighted by atomic mass is 35.5. The first kappa shape index (κ1) is 20.3. The van der Waals surface area contributed by atoms with Crippen molar-refractivity contribution in [3.63, 3.8) is 0 Å². The van der Waals surface area contributed by atoms with Crippen LogP contribution in [-0.4, -0.2) is 22.5 Å². The monoisotopic (exact) mass is 385 g/mol. The molecular weight excluding hydrogens is 367 g/mol. The lowest BCUT2D eigenvalue weighted by Crippen LogP contribution is -2.26. The normalized spacial score (nSPS) is 11.8. The molecule has 0 unspecified atom stereocenters. The third kappa shape index (κ3) is 6.04. The van der Waals surface area contributed by atoms with E-state index < -0.39 is 17.7 Å². The Kier molecular flexibility index (Phi) is 6.67. The second-order valence-electron chi connectivity index (χ2n) is 6.15. The number of benzene rings is 2. The quantitative estimate of drug-likeness (QED) is 0.717. The van der Waals surface area contributed by atoms with Crippen LogP contribution in [0.15, 0.2) is 42.5 Å². The van der Waals surface area contributed by atoms with Crippen molar-refractivity contribution >= 4 is 17.6 Å². The van der Waals surface area contributed by atoms with Crippen molar-refractivity contribution < 1.29 is 23.1 Å². The Balaban J connectivity index is 2.22. The number of carboxylic acids is 1. The van der Waals surface area contributed by atoms with Gasteiger partial charge in [0, 0.05) is 24.7 Å². The number of hydrogen-bond donors (Lipinski definition) is 1. The zero-order valence-electron chi connectivity index (χ0n) is 14.2. The van der Waals surface area contributed by atoms with Crippen molar-refractivity contribution in [1.82, 2.24) is 4.90 Å². The summed E-state index contributed by atoms with van der Waals surface area (Å²) < 4.78 is 38.7. The van der Waals surface area contributed by atoms with Crippen molar-refractivity contribution in [1.29, 1.82) is 0 Å². The fraction of sp³-hybridized carbons (Fsp3) is 0.316. The number of rotatable bonds is 7. The van der Waals surface area contributed by atoms with Crippen LogP contribution in [-0.2, 0) is 24.1 Å². The predicted octanol–water partition coefficient (Wildman–Crippen LogP) is 5.14. The third-order valence-electron chi connectivity index (χ3n) is 3.90. The number of alkyl halides is 3. The summed E-state index contributed by atoms with van der Waals surface area (Å²) in [5.41, 5.74) is 1.56. The van der Waals surface area contributed by atoms with Crippen LogP contribution in [0.5, 0.6) is 0 Å². The van der Waals surface area contributed by atoms with E-state index >= 15 is 0 Å². The Labute approximate surface area is 155 Å². The summed E-state index contributed by atoms with van der Waals surface area (Å²) in [6.45, 7) is 2.66. The van der Waals surface area contributed by atoms with Gasteiger partial charge in [0.25, 0.3) is 0 Å². The highest BCUT2D eigenvalue weighted by Gasteiger charge is 2.30. The molecule has 0 radical (unpaired) electrons. The number of nitrogens with zero attached hydrogens (tertiary/aromatic N) is 1. The zero-order chi connectivity index (χ0) is 19.3. The van der Waals surface area contributed by atoms with Crippen LogP contribution in [0.2, 0.25) is 5.02 Å². The summed E-state index contributed by atoms with van der Waals surface area (Å²) in [5.74, 6) is -0.964. The van der Waals surface area contributed by atoms with Gasteiger partial charge in [0.05, 0.1) is 12.0 Å². The van der Waals surface area contributed by atoms with Gasteiger partial charge in [0.1, 0.15) is 0 Å². The van der Waals surface area contributed by atoms with E-state index in [-0.39, 0.29) is 19.5 Å². The zero-order valence-corrected chi connectivity index (χ0v) is 14.9. The first-order valence-corrected chi connectivity index (χ1v) is 8.38. The minimum Gasteiger partial charge on any atom is -0.481 e. The molecule has 0 heterocycles. The fourth-order valence-corrected chi connectivity index (χ4v) is 2.81. The van der Waals surface area contributed by atoms with Crippen molar-refractivity contribution in [2.45, 2.75) is 32.6 Å². The van der Waals surface area contributed by atoms with Crippen LogP contribution in [0.4, 0.5) is 13.2 Å². The van der Waals surface area contributed by atoms with E-state index in [9.17, 15) is 18.0 Å². The smallest absolute Gasteiger partial charge is 0.416 e. The van der Waals surface area contributed by atoms with Crippen LogP contribution in [0.1, 0.15) is 28.7 Å². The SMILES string of the molecule is Cc1ccc(Cl)c(CN(CCC(=O)O)Cc2cccc(C(F)(F)F)c2)c1. The van der Waals surface area contributed by atoms with Gasteiger partial charge < -0.3 is 5.11 Å². The lowest BCUT2D eigenvalue weighted by atomic mass is 10.1. The molecule has 0 aliphatic rings. The first-order valence-electron chi connectivity index (χ1n) is 8.00. The molecule has 1 N–H and O–H groups in total. The summed E-state index contributed by atoms with van der Waals surface area (Å²) in [6.07, 6.45) is -4.52. The molecule has 0 aliphatic heterocycles. The summed E-state index contributed by atoms with van der Waals surface area (Å²) in [4.78, 5) is 12.7. The minimum absolute atomic E-state index is 0.109. The van der Waals surface area contributed by atoms with Gasteiger partial charge in [-0.3, -0.25) is 9.69 Å². The Morgan fingerprint density at radius 2 is 1.88 bits per heavy atom. The highest BCUT2D eigenvalue weighted by molar-refractivity contribution is 6.31. The van der Waals surface area contributed by atoms with Crippen LogP contribution >= 0.6 is 11.6 Å². The molecular formula is C19H19ClF3NO2. The van der Waals surface area contributed by atoms with E-state index in [2.05, 4.69) is 0 Å². The number of carbonyl (C=O) groups is 1. The number of halogens is 4. The molecule has 3 nitrogen and oxygen atoms in total. The average molecular weight is 386 g/mol. The molecule has 2 aromatic rings. The Morgan fingerprint density at radius 3 is 2.54 bits per heavy atom. The van der Waals surface area contributed by atoms with Gasteiger partial charge in [0.2, 0.25) is 0 Å². The van der Waals surface area contributed by atoms with E-state index in [1.54, 1.807) is 17.0 Å². The summed E-state index contributed by atoms with van der Waals surface area (Å²) in [6, 6.07) is 10.6. The second kappa shape index (κ2) is 8.56. The van der Waals surface area contributed by atoms with Gasteiger partial charge in [-0.25, -0.2) is 0 Å². The fourth-order valence-electron chi connectivity index (χ4n) is 2.64. The van der Waals surface area contributed by atoms with E-state index in [1.807, 2.05) is 19.1 Å². The van der Waals surface area contributed by atoms with E-state index in [4.69, 9.17) is 16.7 Å².